The van der Waals surface area contributed by atoms with Crippen LogP contribution in [0.4, 0.5) is 0 Å². The maximum atomic E-state index is 5.14. The third kappa shape index (κ3) is 3.99. The summed E-state index contributed by atoms with van der Waals surface area (Å²) in [6.07, 6.45) is 13.1. The zero-order chi connectivity index (χ0) is 10.2. The van der Waals surface area contributed by atoms with Gasteiger partial charge >= 0.3 is 0 Å². The summed E-state index contributed by atoms with van der Waals surface area (Å²) in [5, 5.41) is 0. The quantitative estimate of drug-likeness (QED) is 0.583. The van der Waals surface area contributed by atoms with Crippen LogP contribution in [0.2, 0.25) is 0 Å². The van der Waals surface area contributed by atoms with Crippen molar-refractivity contribution in [3.05, 3.63) is 23.7 Å². The van der Waals surface area contributed by atoms with Crippen LogP contribution in [0, 0.1) is 6.92 Å². The Morgan fingerprint density at radius 3 is 2.36 bits per heavy atom. The molecule has 0 saturated heterocycles. The fourth-order valence-electron chi connectivity index (χ4n) is 1.74. The third-order valence-corrected chi connectivity index (χ3v) is 2.76. The Morgan fingerprint density at radius 2 is 1.71 bits per heavy atom. The van der Waals surface area contributed by atoms with Gasteiger partial charge < -0.3 is 4.42 Å². The van der Waals surface area contributed by atoms with Crippen LogP contribution in [0.25, 0.3) is 0 Å². The summed E-state index contributed by atoms with van der Waals surface area (Å²) in [6, 6.07) is 0. The summed E-state index contributed by atoms with van der Waals surface area (Å²) >= 11 is 0. The topological polar surface area (TPSA) is 13.1 Å². The standard InChI is InChI=1S/C13H22O/c1-3-4-5-6-7-8-9-13-11-14-10-12(13)2/h10-11H,3-9H2,1-2H3. The number of furan rings is 1. The number of rotatable bonds is 7. The minimum atomic E-state index is 1.19. The average molecular weight is 194 g/mol. The van der Waals surface area contributed by atoms with Crippen LogP contribution in [-0.2, 0) is 6.42 Å². The van der Waals surface area contributed by atoms with Crippen molar-refractivity contribution < 1.29 is 4.42 Å². The van der Waals surface area contributed by atoms with Crippen molar-refractivity contribution in [1.82, 2.24) is 0 Å². The summed E-state index contributed by atoms with van der Waals surface area (Å²) in [5.41, 5.74) is 2.69. The first-order valence-electron chi connectivity index (χ1n) is 5.86. The third-order valence-electron chi connectivity index (χ3n) is 2.76. The molecule has 0 radical (unpaired) electrons. The highest BCUT2D eigenvalue weighted by molar-refractivity contribution is 5.18. The van der Waals surface area contributed by atoms with Crippen molar-refractivity contribution in [2.45, 2.75) is 58.8 Å². The normalized spacial score (nSPS) is 10.7. The Kier molecular flexibility index (Phi) is 5.43. The molecule has 1 heterocycles. The second-order valence-electron chi connectivity index (χ2n) is 4.10. The Balaban J connectivity index is 2.02. The van der Waals surface area contributed by atoms with E-state index in [9.17, 15) is 0 Å². The van der Waals surface area contributed by atoms with Gasteiger partial charge in [-0.05, 0) is 30.9 Å². The van der Waals surface area contributed by atoms with Crippen LogP contribution in [0.5, 0.6) is 0 Å². The fraction of sp³-hybridized carbons (Fsp3) is 0.692. The zero-order valence-electron chi connectivity index (χ0n) is 9.51. The molecule has 1 aromatic heterocycles. The fourth-order valence-corrected chi connectivity index (χ4v) is 1.74. The van der Waals surface area contributed by atoms with Crippen LogP contribution >= 0.6 is 0 Å². The van der Waals surface area contributed by atoms with Crippen molar-refractivity contribution in [2.24, 2.45) is 0 Å². The summed E-state index contributed by atoms with van der Waals surface area (Å²) in [5.74, 6) is 0. The lowest BCUT2D eigenvalue weighted by Crippen LogP contribution is -1.86. The molecule has 1 rings (SSSR count). The van der Waals surface area contributed by atoms with Crippen molar-refractivity contribution in [1.29, 1.82) is 0 Å². The van der Waals surface area contributed by atoms with Crippen molar-refractivity contribution in [3.63, 3.8) is 0 Å². The molecule has 1 heteroatoms. The van der Waals surface area contributed by atoms with Crippen LogP contribution in [0.15, 0.2) is 16.9 Å². The van der Waals surface area contributed by atoms with Gasteiger partial charge in [0.05, 0.1) is 12.5 Å². The van der Waals surface area contributed by atoms with Gasteiger partial charge in [-0.2, -0.15) is 0 Å². The first-order valence-corrected chi connectivity index (χ1v) is 5.86. The van der Waals surface area contributed by atoms with E-state index in [-0.39, 0.29) is 0 Å². The van der Waals surface area contributed by atoms with Gasteiger partial charge in [-0.3, -0.25) is 0 Å². The second kappa shape index (κ2) is 6.69. The molecule has 0 atom stereocenters. The largest absolute Gasteiger partial charge is 0.472 e. The van der Waals surface area contributed by atoms with E-state index in [1.165, 1.54) is 56.1 Å². The van der Waals surface area contributed by atoms with Gasteiger partial charge in [0, 0.05) is 0 Å². The molecule has 0 spiro atoms. The summed E-state index contributed by atoms with van der Waals surface area (Å²) in [4.78, 5) is 0. The molecular formula is C13H22O. The summed E-state index contributed by atoms with van der Waals surface area (Å²) in [6.45, 7) is 4.38. The molecule has 0 bridgehead atoms. The lowest BCUT2D eigenvalue weighted by atomic mass is 10.1. The predicted molar refractivity (Wildman–Crippen MR) is 60.5 cm³/mol. The van der Waals surface area contributed by atoms with E-state index in [2.05, 4.69) is 13.8 Å². The first kappa shape index (κ1) is 11.4. The molecule has 0 unspecified atom stereocenters. The zero-order valence-corrected chi connectivity index (χ0v) is 9.51. The van der Waals surface area contributed by atoms with Crippen LogP contribution in [-0.4, -0.2) is 0 Å². The van der Waals surface area contributed by atoms with Crippen molar-refractivity contribution >= 4 is 0 Å². The van der Waals surface area contributed by atoms with Gasteiger partial charge in [0.15, 0.2) is 0 Å². The van der Waals surface area contributed by atoms with Crippen LogP contribution < -0.4 is 0 Å². The lowest BCUT2D eigenvalue weighted by Gasteiger charge is -2.00. The number of hydrogen-bond donors (Lipinski definition) is 0. The first-order chi connectivity index (χ1) is 6.84. The van der Waals surface area contributed by atoms with Gasteiger partial charge in [0.25, 0.3) is 0 Å². The van der Waals surface area contributed by atoms with E-state index < -0.39 is 0 Å². The predicted octanol–water partition coefficient (Wildman–Crippen LogP) is 4.49. The average Bonchev–Trinajstić information content (AvgIpc) is 2.58. The van der Waals surface area contributed by atoms with Gasteiger partial charge in [-0.1, -0.05) is 39.0 Å². The summed E-state index contributed by atoms with van der Waals surface area (Å²) < 4.78 is 5.14. The van der Waals surface area contributed by atoms with Crippen LogP contribution in [0.1, 0.15) is 56.6 Å². The second-order valence-corrected chi connectivity index (χ2v) is 4.10. The molecule has 0 amide bonds. The van der Waals surface area contributed by atoms with E-state index in [0.29, 0.717) is 0 Å². The molecule has 1 nitrogen and oxygen atoms in total. The van der Waals surface area contributed by atoms with E-state index in [1.54, 1.807) is 0 Å². The van der Waals surface area contributed by atoms with Gasteiger partial charge in [-0.25, -0.2) is 0 Å². The van der Waals surface area contributed by atoms with Crippen molar-refractivity contribution in [2.75, 3.05) is 0 Å². The maximum Gasteiger partial charge on any atom is 0.0937 e. The van der Waals surface area contributed by atoms with Gasteiger partial charge in [0.2, 0.25) is 0 Å². The number of hydrogen-bond acceptors (Lipinski definition) is 1. The number of unbranched alkanes of at least 4 members (excludes halogenated alkanes) is 5. The van der Waals surface area contributed by atoms with Gasteiger partial charge in [-0.15, -0.1) is 0 Å². The molecule has 0 aromatic carbocycles. The minimum Gasteiger partial charge on any atom is -0.472 e. The Hall–Kier alpha value is -0.720. The lowest BCUT2D eigenvalue weighted by molar-refractivity contribution is 0.559. The number of aryl methyl sites for hydroxylation is 2. The van der Waals surface area contributed by atoms with E-state index in [0.717, 1.165) is 0 Å². The molecule has 14 heavy (non-hydrogen) atoms. The maximum absolute atomic E-state index is 5.14. The molecule has 0 N–H and O–H groups in total. The van der Waals surface area contributed by atoms with E-state index in [4.69, 9.17) is 4.42 Å². The molecule has 1 aromatic rings. The highest BCUT2D eigenvalue weighted by atomic mass is 16.3. The molecule has 0 saturated carbocycles. The Labute approximate surface area is 87.5 Å². The molecule has 0 aliphatic heterocycles. The molecule has 0 fully saturated rings. The summed E-state index contributed by atoms with van der Waals surface area (Å²) in [7, 11) is 0. The van der Waals surface area contributed by atoms with Gasteiger partial charge in [0.1, 0.15) is 0 Å². The molecule has 80 valence electrons. The van der Waals surface area contributed by atoms with E-state index in [1.807, 2.05) is 12.5 Å². The Morgan fingerprint density at radius 1 is 1.00 bits per heavy atom. The molecular weight excluding hydrogens is 172 g/mol. The van der Waals surface area contributed by atoms with Crippen LogP contribution in [0.3, 0.4) is 0 Å². The van der Waals surface area contributed by atoms with Crippen molar-refractivity contribution in [3.8, 4) is 0 Å². The highest BCUT2D eigenvalue weighted by Crippen LogP contribution is 2.13. The minimum absolute atomic E-state index is 1.19. The smallest absolute Gasteiger partial charge is 0.0937 e. The molecule has 0 aliphatic carbocycles. The highest BCUT2D eigenvalue weighted by Gasteiger charge is 1.99. The molecule has 0 aliphatic rings. The monoisotopic (exact) mass is 194 g/mol. The van der Waals surface area contributed by atoms with E-state index >= 15 is 0 Å². The Bertz CT molecular complexity index is 237. The SMILES string of the molecule is CCCCCCCCc1cocc1C.